The maximum absolute atomic E-state index is 8.19. The summed E-state index contributed by atoms with van der Waals surface area (Å²) in [5, 5.41) is 17.5. The number of rotatable bonds is 4. The van der Waals surface area contributed by atoms with Gasteiger partial charge in [0, 0.05) is 45.8 Å². The van der Waals surface area contributed by atoms with Crippen molar-refractivity contribution in [3.63, 3.8) is 0 Å². The van der Waals surface area contributed by atoms with E-state index in [4.69, 9.17) is 10.8 Å². The molecule has 0 amide bonds. The van der Waals surface area contributed by atoms with Crippen molar-refractivity contribution >= 4 is 0 Å². The molecular weight excluding hydrogens is 168 g/mol. The lowest BCUT2D eigenvalue weighted by Crippen LogP contribution is -2.39. The van der Waals surface area contributed by atoms with E-state index in [2.05, 4.69) is 16.0 Å². The van der Waals surface area contributed by atoms with E-state index in [1.54, 1.807) is 0 Å². The molecule has 0 spiro atoms. The highest BCUT2D eigenvalue weighted by atomic mass is 16.3. The smallest absolute Gasteiger partial charge is 0.0555 e. The number of aliphatic hydroxyl groups is 1. The molecule has 0 aliphatic carbocycles. The highest BCUT2D eigenvalue weighted by molar-refractivity contribution is 4.59. The van der Waals surface area contributed by atoms with Gasteiger partial charge in [-0.1, -0.05) is 0 Å². The molecule has 1 saturated heterocycles. The minimum Gasteiger partial charge on any atom is -0.395 e. The molecule has 0 aromatic carbocycles. The van der Waals surface area contributed by atoms with Gasteiger partial charge in [0.25, 0.3) is 0 Å². The number of nitrogens with two attached hydrogens (primary N) is 1. The first-order valence-electron chi connectivity index (χ1n) is 4.85. The van der Waals surface area contributed by atoms with Crippen molar-refractivity contribution in [3.05, 3.63) is 0 Å². The SMILES string of the molecule is C1CNCCN1.NCCNCCO. The summed E-state index contributed by atoms with van der Waals surface area (Å²) in [5.41, 5.74) is 5.13. The van der Waals surface area contributed by atoms with Crippen LogP contribution in [-0.4, -0.2) is 57.5 Å². The predicted molar refractivity (Wildman–Crippen MR) is 54.7 cm³/mol. The zero-order valence-electron chi connectivity index (χ0n) is 8.18. The van der Waals surface area contributed by atoms with Crippen LogP contribution in [0.5, 0.6) is 0 Å². The molecule has 5 nitrogen and oxygen atoms in total. The lowest BCUT2D eigenvalue weighted by Gasteiger charge is -2.11. The van der Waals surface area contributed by atoms with Gasteiger partial charge in [0.1, 0.15) is 0 Å². The summed E-state index contributed by atoms with van der Waals surface area (Å²) in [5.74, 6) is 0. The van der Waals surface area contributed by atoms with Gasteiger partial charge in [0.15, 0.2) is 0 Å². The van der Waals surface area contributed by atoms with E-state index in [0.717, 1.165) is 32.7 Å². The van der Waals surface area contributed by atoms with Crippen molar-refractivity contribution in [2.24, 2.45) is 5.73 Å². The minimum atomic E-state index is 0.194. The lowest BCUT2D eigenvalue weighted by molar-refractivity contribution is 0.293. The normalized spacial score (nSPS) is 16.2. The molecule has 0 unspecified atom stereocenters. The maximum atomic E-state index is 8.19. The number of hydrogen-bond donors (Lipinski definition) is 5. The summed E-state index contributed by atoms with van der Waals surface area (Å²) in [4.78, 5) is 0. The molecule has 0 atom stereocenters. The van der Waals surface area contributed by atoms with Crippen molar-refractivity contribution in [1.29, 1.82) is 0 Å². The first-order chi connectivity index (χ1) is 6.41. The fraction of sp³-hybridized carbons (Fsp3) is 1.00. The van der Waals surface area contributed by atoms with E-state index in [1.807, 2.05) is 0 Å². The monoisotopic (exact) mass is 190 g/mol. The fourth-order valence-corrected chi connectivity index (χ4v) is 0.910. The number of nitrogens with one attached hydrogen (secondary N) is 3. The van der Waals surface area contributed by atoms with Gasteiger partial charge < -0.3 is 26.8 Å². The molecular formula is C8H22N4O. The molecule has 13 heavy (non-hydrogen) atoms. The quantitative estimate of drug-likeness (QED) is 0.322. The van der Waals surface area contributed by atoms with Crippen molar-refractivity contribution in [3.8, 4) is 0 Å². The Balaban J connectivity index is 0.000000223. The molecule has 1 aliphatic heterocycles. The summed E-state index contributed by atoms with van der Waals surface area (Å²) in [7, 11) is 0. The summed E-state index contributed by atoms with van der Waals surface area (Å²) in [6.07, 6.45) is 0. The van der Waals surface area contributed by atoms with E-state index >= 15 is 0 Å². The van der Waals surface area contributed by atoms with E-state index in [1.165, 1.54) is 0 Å². The Morgan fingerprint density at radius 3 is 1.92 bits per heavy atom. The van der Waals surface area contributed by atoms with Gasteiger partial charge in [0.05, 0.1) is 6.61 Å². The van der Waals surface area contributed by atoms with Gasteiger partial charge in [-0.15, -0.1) is 0 Å². The van der Waals surface area contributed by atoms with Crippen LogP contribution in [0.1, 0.15) is 0 Å². The number of piperazine rings is 1. The van der Waals surface area contributed by atoms with E-state index in [0.29, 0.717) is 13.1 Å². The average molecular weight is 190 g/mol. The maximum Gasteiger partial charge on any atom is 0.0555 e. The Hall–Kier alpha value is -0.200. The molecule has 1 rings (SSSR count). The van der Waals surface area contributed by atoms with Crippen LogP contribution in [0.2, 0.25) is 0 Å². The molecule has 80 valence electrons. The predicted octanol–water partition coefficient (Wildman–Crippen LogP) is -2.29. The Kier molecular flexibility index (Phi) is 11.6. The van der Waals surface area contributed by atoms with Gasteiger partial charge in [-0.2, -0.15) is 0 Å². The number of hydrogen-bond acceptors (Lipinski definition) is 5. The lowest BCUT2D eigenvalue weighted by atomic mass is 10.4. The van der Waals surface area contributed by atoms with Crippen molar-refractivity contribution in [1.82, 2.24) is 16.0 Å². The molecule has 0 bridgehead atoms. The van der Waals surface area contributed by atoms with Crippen LogP contribution < -0.4 is 21.7 Å². The molecule has 5 heteroatoms. The van der Waals surface area contributed by atoms with Crippen molar-refractivity contribution in [2.45, 2.75) is 0 Å². The minimum absolute atomic E-state index is 0.194. The highest BCUT2D eigenvalue weighted by Gasteiger charge is 1.91. The highest BCUT2D eigenvalue weighted by Crippen LogP contribution is 1.65. The Bertz CT molecular complexity index is 72.7. The second-order valence-corrected chi connectivity index (χ2v) is 2.76. The standard InChI is InChI=1S/C4H12N2O.C4H10N2/c5-1-2-6-3-4-7;1-2-6-4-3-5-1/h6-7H,1-5H2;5-6H,1-4H2. The molecule has 0 aromatic heterocycles. The van der Waals surface area contributed by atoms with E-state index in [9.17, 15) is 0 Å². The van der Waals surface area contributed by atoms with E-state index < -0.39 is 0 Å². The van der Waals surface area contributed by atoms with E-state index in [-0.39, 0.29) is 6.61 Å². The Morgan fingerprint density at radius 1 is 1.08 bits per heavy atom. The fourth-order valence-electron chi connectivity index (χ4n) is 0.910. The summed E-state index contributed by atoms with van der Waals surface area (Å²) < 4.78 is 0. The van der Waals surface area contributed by atoms with Crippen LogP contribution in [-0.2, 0) is 0 Å². The van der Waals surface area contributed by atoms with Crippen LogP contribution >= 0.6 is 0 Å². The average Bonchev–Trinajstić information content (AvgIpc) is 2.22. The molecule has 0 radical (unpaired) electrons. The molecule has 1 aliphatic rings. The van der Waals surface area contributed by atoms with Crippen LogP contribution in [0.3, 0.4) is 0 Å². The topological polar surface area (TPSA) is 82.3 Å². The zero-order chi connectivity index (χ0) is 9.78. The molecule has 1 fully saturated rings. The first kappa shape index (κ1) is 12.8. The summed E-state index contributed by atoms with van der Waals surface area (Å²) in [6.45, 7) is 6.83. The molecule has 1 heterocycles. The van der Waals surface area contributed by atoms with Crippen LogP contribution in [0, 0.1) is 0 Å². The van der Waals surface area contributed by atoms with Crippen LogP contribution in [0.25, 0.3) is 0 Å². The third kappa shape index (κ3) is 11.8. The first-order valence-corrected chi connectivity index (χ1v) is 4.85. The molecule has 0 aromatic rings. The van der Waals surface area contributed by atoms with Gasteiger partial charge in [-0.05, 0) is 0 Å². The van der Waals surface area contributed by atoms with Crippen LogP contribution in [0.15, 0.2) is 0 Å². The Morgan fingerprint density at radius 2 is 1.62 bits per heavy atom. The second kappa shape index (κ2) is 11.8. The molecule has 0 saturated carbocycles. The third-order valence-electron chi connectivity index (χ3n) is 1.57. The molecule has 6 N–H and O–H groups in total. The van der Waals surface area contributed by atoms with Gasteiger partial charge in [0.2, 0.25) is 0 Å². The number of aliphatic hydroxyl groups excluding tert-OH is 1. The van der Waals surface area contributed by atoms with Crippen molar-refractivity contribution < 1.29 is 5.11 Å². The van der Waals surface area contributed by atoms with Crippen molar-refractivity contribution in [2.75, 3.05) is 52.4 Å². The second-order valence-electron chi connectivity index (χ2n) is 2.76. The zero-order valence-corrected chi connectivity index (χ0v) is 8.18. The summed E-state index contributed by atoms with van der Waals surface area (Å²) in [6, 6.07) is 0. The summed E-state index contributed by atoms with van der Waals surface area (Å²) >= 11 is 0. The van der Waals surface area contributed by atoms with Gasteiger partial charge in [-0.25, -0.2) is 0 Å². The van der Waals surface area contributed by atoms with Crippen LogP contribution in [0.4, 0.5) is 0 Å². The largest absolute Gasteiger partial charge is 0.395 e. The van der Waals surface area contributed by atoms with Gasteiger partial charge in [-0.3, -0.25) is 0 Å². The van der Waals surface area contributed by atoms with Gasteiger partial charge >= 0.3 is 0 Å². The third-order valence-corrected chi connectivity index (χ3v) is 1.57. The Labute approximate surface area is 80.1 Å².